The monoisotopic (exact) mass is 791 g/mol. The van der Waals surface area contributed by atoms with Crippen molar-refractivity contribution >= 4 is 95.5 Å². The van der Waals surface area contributed by atoms with E-state index in [2.05, 4.69) is 47.1 Å². The van der Waals surface area contributed by atoms with E-state index in [0.29, 0.717) is 55.3 Å². The zero-order chi connectivity index (χ0) is 33.5. The first-order chi connectivity index (χ1) is 21.4. The fourth-order valence-corrected chi connectivity index (χ4v) is 5.08. The summed E-state index contributed by atoms with van der Waals surface area (Å²) in [5, 5.41) is 18.5. The third kappa shape index (κ3) is 11.7. The number of rotatable bonds is 14. The van der Waals surface area contributed by atoms with E-state index in [9.17, 15) is 19.2 Å². The van der Waals surface area contributed by atoms with E-state index in [1.165, 1.54) is 0 Å². The molecule has 244 valence electrons. The Labute approximate surface area is 287 Å². The van der Waals surface area contributed by atoms with Gasteiger partial charge in [-0.15, -0.1) is 0 Å². The number of aryl methyl sites for hydroxylation is 1. The highest BCUT2D eigenvalue weighted by molar-refractivity contribution is 9.11. The summed E-state index contributed by atoms with van der Waals surface area (Å²) >= 11 is 18.8. The first-order valence-electron chi connectivity index (χ1n) is 14.0. The second kappa shape index (κ2) is 19.5. The van der Waals surface area contributed by atoms with Crippen LogP contribution in [0.15, 0.2) is 49.5 Å². The topological polar surface area (TPSA) is 157 Å². The van der Waals surface area contributed by atoms with Crippen molar-refractivity contribution in [2.75, 3.05) is 19.8 Å². The van der Waals surface area contributed by atoms with Crippen LogP contribution in [-0.4, -0.2) is 59.8 Å². The Morgan fingerprint density at radius 1 is 0.911 bits per heavy atom. The number of fused-ring (bicyclic) bond motifs is 1. The standard InChI is InChI=1S/C16H17BrClNO4.C14H16BrClN2O4/c1-3-22-12(20)8-6-10-9-5-7-11(18)13(17)14(9)19-15(10)16(21)23-4-2;1-2-22-14(21)11(7-4-8-12(19)20)18-17-10-6-3-5-9(16)13(10)15/h5,7,19H,3-4,6,8H2,1-2H3;3,5-6,11H,2,4,7-8H2,1H3,(H,19,20). The van der Waals surface area contributed by atoms with Gasteiger partial charge in [-0.25, -0.2) is 9.59 Å². The first kappa shape index (κ1) is 38.2. The number of carboxylic acid groups (broad SMARTS) is 1. The maximum atomic E-state index is 12.2. The molecule has 1 unspecified atom stereocenters. The number of ether oxygens (including phenoxy) is 3. The van der Waals surface area contributed by atoms with E-state index < -0.39 is 23.9 Å². The lowest BCUT2D eigenvalue weighted by Gasteiger charge is -2.09. The van der Waals surface area contributed by atoms with Gasteiger partial charge in [-0.2, -0.15) is 10.2 Å². The van der Waals surface area contributed by atoms with Gasteiger partial charge in [0.1, 0.15) is 11.4 Å². The molecule has 0 saturated heterocycles. The summed E-state index contributed by atoms with van der Waals surface area (Å²) in [6.07, 6.45) is 1.10. The van der Waals surface area contributed by atoms with Gasteiger partial charge in [0.25, 0.3) is 0 Å². The molecule has 3 aromatic rings. The van der Waals surface area contributed by atoms with Crippen LogP contribution in [0.25, 0.3) is 10.9 Å². The maximum Gasteiger partial charge on any atom is 0.355 e. The van der Waals surface area contributed by atoms with Crippen molar-refractivity contribution < 1.29 is 38.5 Å². The summed E-state index contributed by atoms with van der Waals surface area (Å²) in [4.78, 5) is 49.2. The minimum Gasteiger partial charge on any atom is -0.481 e. The van der Waals surface area contributed by atoms with Crippen LogP contribution >= 0.6 is 55.1 Å². The van der Waals surface area contributed by atoms with Crippen LogP contribution in [0, 0.1) is 0 Å². The highest BCUT2D eigenvalue weighted by atomic mass is 79.9. The molecular formula is C30H33Br2Cl2N3O8. The second-order valence-corrected chi connectivity index (χ2v) is 11.5. The third-order valence-corrected chi connectivity index (χ3v) is 8.74. The Bertz CT molecular complexity index is 1530. The Kier molecular flexibility index (Phi) is 16.5. The largest absolute Gasteiger partial charge is 0.481 e. The molecule has 2 N–H and O–H groups in total. The number of carbonyl (C=O) groups excluding carboxylic acids is 3. The molecule has 0 fully saturated rings. The van der Waals surface area contributed by atoms with Crippen molar-refractivity contribution in [3.05, 3.63) is 60.6 Å². The number of carboxylic acids is 1. The summed E-state index contributed by atoms with van der Waals surface area (Å²) < 4.78 is 16.2. The quantitative estimate of drug-likeness (QED) is 0.0934. The summed E-state index contributed by atoms with van der Waals surface area (Å²) in [5.74, 6) is -2.19. The van der Waals surface area contributed by atoms with Gasteiger partial charge in [-0.1, -0.05) is 35.3 Å². The molecule has 3 rings (SSSR count). The van der Waals surface area contributed by atoms with Crippen LogP contribution in [0.5, 0.6) is 0 Å². The molecule has 0 radical (unpaired) electrons. The highest BCUT2D eigenvalue weighted by Gasteiger charge is 2.22. The van der Waals surface area contributed by atoms with Crippen LogP contribution in [0.1, 0.15) is 62.5 Å². The third-order valence-electron chi connectivity index (χ3n) is 6.00. The molecule has 45 heavy (non-hydrogen) atoms. The van der Waals surface area contributed by atoms with E-state index in [-0.39, 0.29) is 38.4 Å². The molecule has 2 aromatic carbocycles. The van der Waals surface area contributed by atoms with E-state index in [1.54, 1.807) is 45.0 Å². The molecule has 15 heteroatoms. The molecule has 1 heterocycles. The van der Waals surface area contributed by atoms with Crippen molar-refractivity contribution in [3.8, 4) is 0 Å². The van der Waals surface area contributed by atoms with Crippen molar-refractivity contribution in [1.82, 2.24) is 4.98 Å². The number of azo groups is 1. The van der Waals surface area contributed by atoms with Gasteiger partial charge in [0.15, 0.2) is 6.04 Å². The van der Waals surface area contributed by atoms with Gasteiger partial charge < -0.3 is 24.3 Å². The van der Waals surface area contributed by atoms with Crippen LogP contribution in [-0.2, 0) is 35.0 Å². The van der Waals surface area contributed by atoms with Crippen molar-refractivity contribution in [2.24, 2.45) is 10.2 Å². The number of carbonyl (C=O) groups is 4. The van der Waals surface area contributed by atoms with Crippen molar-refractivity contribution in [1.29, 1.82) is 0 Å². The molecule has 0 amide bonds. The molecule has 1 aromatic heterocycles. The summed E-state index contributed by atoms with van der Waals surface area (Å²) in [6.45, 7) is 6.02. The van der Waals surface area contributed by atoms with Crippen LogP contribution in [0.2, 0.25) is 10.0 Å². The Morgan fingerprint density at radius 3 is 2.22 bits per heavy atom. The number of hydrogen-bond acceptors (Lipinski definition) is 9. The van der Waals surface area contributed by atoms with Crippen molar-refractivity contribution in [2.45, 2.75) is 58.9 Å². The lowest BCUT2D eigenvalue weighted by molar-refractivity contribution is -0.145. The average Bonchev–Trinajstić information content (AvgIpc) is 3.37. The number of H-pyrrole nitrogens is 1. The molecule has 1 atom stereocenters. The van der Waals surface area contributed by atoms with Crippen LogP contribution in [0.4, 0.5) is 5.69 Å². The van der Waals surface area contributed by atoms with E-state index in [1.807, 2.05) is 6.07 Å². The maximum absolute atomic E-state index is 12.2. The smallest absolute Gasteiger partial charge is 0.355 e. The number of esters is 3. The van der Waals surface area contributed by atoms with Gasteiger partial charge in [-0.05, 0) is 95.7 Å². The molecule has 11 nitrogen and oxygen atoms in total. The SMILES string of the molecule is CCOC(=O)C(CCCC(=O)O)N=Nc1cccc(Cl)c1Br.CCOC(=O)CCc1c(C(=O)OCC)[nH]c2c(Br)c(Cl)ccc12. The first-order valence-corrected chi connectivity index (χ1v) is 16.3. The number of halogens is 4. The average molecular weight is 794 g/mol. The number of nitrogens with zero attached hydrogens (tertiary/aromatic N) is 2. The van der Waals surface area contributed by atoms with E-state index >= 15 is 0 Å². The van der Waals surface area contributed by atoms with Gasteiger partial charge in [0, 0.05) is 18.2 Å². The Balaban J connectivity index is 0.000000314. The van der Waals surface area contributed by atoms with E-state index in [0.717, 1.165) is 10.9 Å². The number of nitrogens with one attached hydrogen (secondary N) is 1. The van der Waals surface area contributed by atoms with Crippen LogP contribution < -0.4 is 0 Å². The number of hydrogen-bond donors (Lipinski definition) is 2. The Hall–Kier alpha value is -3.00. The summed E-state index contributed by atoms with van der Waals surface area (Å²) in [5.41, 5.74) is 2.26. The Morgan fingerprint density at radius 2 is 1.58 bits per heavy atom. The van der Waals surface area contributed by atoms with Gasteiger partial charge in [0.05, 0.1) is 44.3 Å². The minimum atomic E-state index is -0.919. The van der Waals surface area contributed by atoms with Gasteiger partial charge >= 0.3 is 23.9 Å². The van der Waals surface area contributed by atoms with Gasteiger partial charge in [0.2, 0.25) is 0 Å². The molecule has 0 saturated carbocycles. The lowest BCUT2D eigenvalue weighted by Crippen LogP contribution is -2.21. The number of aliphatic carboxylic acids is 1. The van der Waals surface area contributed by atoms with E-state index in [4.69, 9.17) is 42.5 Å². The predicted molar refractivity (Wildman–Crippen MR) is 177 cm³/mol. The normalized spacial score (nSPS) is 11.5. The number of aromatic amines is 1. The molecule has 0 aliphatic carbocycles. The van der Waals surface area contributed by atoms with Crippen LogP contribution in [0.3, 0.4) is 0 Å². The fourth-order valence-electron chi connectivity index (χ4n) is 3.97. The van der Waals surface area contributed by atoms with Crippen molar-refractivity contribution in [3.63, 3.8) is 0 Å². The second-order valence-electron chi connectivity index (χ2n) is 9.13. The minimum absolute atomic E-state index is 0.0354. The lowest BCUT2D eigenvalue weighted by atomic mass is 10.1. The summed E-state index contributed by atoms with van der Waals surface area (Å²) in [6, 6.07) is 7.84. The summed E-state index contributed by atoms with van der Waals surface area (Å²) in [7, 11) is 0. The molecule has 0 aliphatic heterocycles. The zero-order valence-corrected chi connectivity index (χ0v) is 29.5. The molecule has 0 bridgehead atoms. The van der Waals surface area contributed by atoms with Gasteiger partial charge in [-0.3, -0.25) is 9.59 Å². The number of aromatic nitrogens is 1. The predicted octanol–water partition coefficient (Wildman–Crippen LogP) is 8.63. The zero-order valence-electron chi connectivity index (χ0n) is 24.8. The molecule has 0 spiro atoms. The molecule has 0 aliphatic rings. The number of benzene rings is 2. The molecular weight excluding hydrogens is 761 g/mol. The highest BCUT2D eigenvalue weighted by Crippen LogP contribution is 2.35. The fraction of sp³-hybridized carbons (Fsp3) is 0.400.